The average molecular weight is 227 g/mol. The van der Waals surface area contributed by atoms with E-state index in [1.54, 1.807) is 6.07 Å². The van der Waals surface area contributed by atoms with Gasteiger partial charge in [0, 0.05) is 0 Å². The Morgan fingerprint density at radius 1 is 1.12 bits per heavy atom. The zero-order valence-electron chi connectivity index (χ0n) is 9.31. The Labute approximate surface area is 99.0 Å². The fraction of sp³-hybridized carbons (Fsp3) is 0.0714. The lowest BCUT2D eigenvalue weighted by Crippen LogP contribution is -2.03. The SMILES string of the molecule is Cc1cccc(-c2ccc([O-])c(C(=O)O)c2)c1. The minimum atomic E-state index is -1.19. The molecule has 0 saturated carbocycles. The fourth-order valence-electron chi connectivity index (χ4n) is 1.70. The number of aromatic carboxylic acids is 1. The quantitative estimate of drug-likeness (QED) is 0.857. The summed E-state index contributed by atoms with van der Waals surface area (Å²) in [5, 5.41) is 20.2. The van der Waals surface area contributed by atoms with Crippen molar-refractivity contribution in [1.29, 1.82) is 0 Å². The van der Waals surface area contributed by atoms with E-state index in [0.717, 1.165) is 16.7 Å². The summed E-state index contributed by atoms with van der Waals surface area (Å²) in [6.45, 7) is 1.96. The number of hydrogen-bond donors (Lipinski definition) is 1. The van der Waals surface area contributed by atoms with E-state index < -0.39 is 11.7 Å². The Hall–Kier alpha value is -2.29. The van der Waals surface area contributed by atoms with E-state index in [9.17, 15) is 9.90 Å². The highest BCUT2D eigenvalue weighted by atomic mass is 16.4. The molecule has 17 heavy (non-hydrogen) atoms. The topological polar surface area (TPSA) is 60.4 Å². The molecule has 0 saturated heterocycles. The van der Waals surface area contributed by atoms with Crippen LogP contribution in [0.3, 0.4) is 0 Å². The first-order valence-electron chi connectivity index (χ1n) is 5.19. The van der Waals surface area contributed by atoms with E-state index in [1.165, 1.54) is 12.1 Å². The Balaban J connectivity index is 2.54. The number of rotatable bonds is 2. The number of aryl methyl sites for hydroxylation is 1. The first kappa shape index (κ1) is 11.2. The predicted octanol–water partition coefficient (Wildman–Crippen LogP) is 2.43. The molecule has 1 N–H and O–H groups in total. The van der Waals surface area contributed by atoms with E-state index >= 15 is 0 Å². The molecular formula is C14H11O3-. The van der Waals surface area contributed by atoms with Crippen LogP contribution in [0.4, 0.5) is 0 Å². The van der Waals surface area contributed by atoms with Crippen molar-refractivity contribution in [2.24, 2.45) is 0 Å². The molecule has 3 nitrogen and oxygen atoms in total. The molecular weight excluding hydrogens is 216 g/mol. The summed E-state index contributed by atoms with van der Waals surface area (Å²) in [5.74, 6) is -1.65. The Morgan fingerprint density at radius 2 is 1.82 bits per heavy atom. The van der Waals surface area contributed by atoms with Crippen molar-refractivity contribution < 1.29 is 15.0 Å². The molecule has 2 rings (SSSR count). The van der Waals surface area contributed by atoms with Crippen LogP contribution in [0.15, 0.2) is 42.5 Å². The lowest BCUT2D eigenvalue weighted by Gasteiger charge is -2.12. The van der Waals surface area contributed by atoms with Gasteiger partial charge in [0.15, 0.2) is 0 Å². The van der Waals surface area contributed by atoms with Crippen LogP contribution in [0.1, 0.15) is 15.9 Å². The minimum Gasteiger partial charge on any atom is -0.872 e. The highest BCUT2D eigenvalue weighted by Crippen LogP contribution is 2.25. The van der Waals surface area contributed by atoms with Crippen LogP contribution in [-0.4, -0.2) is 11.1 Å². The molecule has 2 aromatic carbocycles. The van der Waals surface area contributed by atoms with Crippen molar-refractivity contribution in [3.63, 3.8) is 0 Å². The summed E-state index contributed by atoms with van der Waals surface area (Å²) >= 11 is 0. The lowest BCUT2D eigenvalue weighted by molar-refractivity contribution is -0.268. The third-order valence-electron chi connectivity index (χ3n) is 2.56. The maximum atomic E-state index is 11.3. The lowest BCUT2D eigenvalue weighted by atomic mass is 10.0. The van der Waals surface area contributed by atoms with Gasteiger partial charge in [-0.2, -0.15) is 0 Å². The van der Waals surface area contributed by atoms with E-state index in [4.69, 9.17) is 5.11 Å². The first-order chi connectivity index (χ1) is 8.08. The summed E-state index contributed by atoms with van der Waals surface area (Å²) in [6.07, 6.45) is 0. The third-order valence-corrected chi connectivity index (χ3v) is 2.56. The molecule has 86 valence electrons. The molecule has 0 spiro atoms. The molecule has 0 amide bonds. The number of carbonyl (C=O) groups is 1. The number of benzene rings is 2. The molecule has 0 aliphatic rings. The second kappa shape index (κ2) is 4.29. The third kappa shape index (κ3) is 2.28. The zero-order chi connectivity index (χ0) is 12.4. The van der Waals surface area contributed by atoms with Crippen molar-refractivity contribution >= 4 is 5.97 Å². The summed E-state index contributed by atoms with van der Waals surface area (Å²) in [5.41, 5.74) is 2.55. The Bertz CT molecular complexity index is 573. The molecule has 0 aliphatic carbocycles. The van der Waals surface area contributed by atoms with Crippen LogP contribution in [0, 0.1) is 6.92 Å². The van der Waals surface area contributed by atoms with Gasteiger partial charge in [0.25, 0.3) is 0 Å². The molecule has 0 heterocycles. The van der Waals surface area contributed by atoms with Crippen molar-refractivity contribution in [2.45, 2.75) is 6.92 Å². The van der Waals surface area contributed by atoms with Gasteiger partial charge >= 0.3 is 5.97 Å². The summed E-state index contributed by atoms with van der Waals surface area (Å²) < 4.78 is 0. The molecule has 0 aliphatic heterocycles. The van der Waals surface area contributed by atoms with Crippen LogP contribution < -0.4 is 5.11 Å². The van der Waals surface area contributed by atoms with Gasteiger partial charge in [-0.3, -0.25) is 0 Å². The minimum absolute atomic E-state index is 0.191. The number of carboxylic acid groups (broad SMARTS) is 1. The first-order valence-corrected chi connectivity index (χ1v) is 5.19. The van der Waals surface area contributed by atoms with Gasteiger partial charge < -0.3 is 10.2 Å². The predicted molar refractivity (Wildman–Crippen MR) is 63.0 cm³/mol. The molecule has 2 aromatic rings. The molecule has 0 bridgehead atoms. The smallest absolute Gasteiger partial charge is 0.335 e. The van der Waals surface area contributed by atoms with Gasteiger partial charge in [-0.15, -0.1) is 0 Å². The van der Waals surface area contributed by atoms with E-state index in [-0.39, 0.29) is 5.56 Å². The van der Waals surface area contributed by atoms with Gasteiger partial charge in [-0.25, -0.2) is 4.79 Å². The van der Waals surface area contributed by atoms with Crippen LogP contribution in [-0.2, 0) is 0 Å². The monoisotopic (exact) mass is 227 g/mol. The van der Waals surface area contributed by atoms with Crippen LogP contribution in [0.25, 0.3) is 11.1 Å². The van der Waals surface area contributed by atoms with Gasteiger partial charge in [0.1, 0.15) is 0 Å². The Morgan fingerprint density at radius 3 is 2.47 bits per heavy atom. The van der Waals surface area contributed by atoms with Gasteiger partial charge in [-0.05, 0) is 24.1 Å². The van der Waals surface area contributed by atoms with Gasteiger partial charge in [-0.1, -0.05) is 47.7 Å². The molecule has 0 fully saturated rings. The van der Waals surface area contributed by atoms with Gasteiger partial charge in [0.2, 0.25) is 0 Å². The second-order valence-corrected chi connectivity index (χ2v) is 3.89. The summed E-state index contributed by atoms with van der Waals surface area (Å²) in [7, 11) is 0. The van der Waals surface area contributed by atoms with Gasteiger partial charge in [0.05, 0.1) is 5.56 Å². The average Bonchev–Trinajstić information content (AvgIpc) is 2.29. The molecule has 0 atom stereocenters. The zero-order valence-corrected chi connectivity index (χ0v) is 9.31. The summed E-state index contributed by atoms with van der Waals surface area (Å²) in [6, 6.07) is 12.0. The van der Waals surface area contributed by atoms with Crippen molar-refractivity contribution in [3.8, 4) is 16.9 Å². The maximum Gasteiger partial charge on any atom is 0.335 e. The Kier molecular flexibility index (Phi) is 2.83. The normalized spacial score (nSPS) is 10.2. The molecule has 0 radical (unpaired) electrons. The van der Waals surface area contributed by atoms with E-state index in [0.29, 0.717) is 0 Å². The van der Waals surface area contributed by atoms with E-state index in [2.05, 4.69) is 0 Å². The van der Waals surface area contributed by atoms with Crippen molar-refractivity contribution in [3.05, 3.63) is 53.6 Å². The summed E-state index contributed by atoms with van der Waals surface area (Å²) in [4.78, 5) is 10.9. The maximum absolute atomic E-state index is 11.3. The standard InChI is InChI=1S/C14H12O3/c1-9-3-2-4-10(7-9)11-5-6-13(15)12(8-11)14(16)17/h2-8,15H,1H3,(H,16,17)/p-1. The van der Waals surface area contributed by atoms with Crippen LogP contribution >= 0.6 is 0 Å². The largest absolute Gasteiger partial charge is 0.872 e. The number of carboxylic acids is 1. The van der Waals surface area contributed by atoms with E-state index in [1.807, 2.05) is 31.2 Å². The molecule has 0 unspecified atom stereocenters. The molecule has 3 heteroatoms. The van der Waals surface area contributed by atoms with Crippen molar-refractivity contribution in [2.75, 3.05) is 0 Å². The highest BCUT2D eigenvalue weighted by molar-refractivity contribution is 5.92. The molecule has 0 aromatic heterocycles. The second-order valence-electron chi connectivity index (χ2n) is 3.89. The number of hydrogen-bond acceptors (Lipinski definition) is 2. The van der Waals surface area contributed by atoms with Crippen LogP contribution in [0.5, 0.6) is 5.75 Å². The van der Waals surface area contributed by atoms with Crippen LogP contribution in [0.2, 0.25) is 0 Å². The van der Waals surface area contributed by atoms with Crippen molar-refractivity contribution in [1.82, 2.24) is 0 Å². The fourth-order valence-corrected chi connectivity index (χ4v) is 1.70. The highest BCUT2D eigenvalue weighted by Gasteiger charge is 2.06.